The van der Waals surface area contributed by atoms with Crippen molar-refractivity contribution in [2.45, 2.75) is 38.8 Å². The Morgan fingerprint density at radius 2 is 1.50 bits per heavy atom. The quantitative estimate of drug-likeness (QED) is 0.674. The zero-order valence-corrected chi connectivity index (χ0v) is 13.7. The number of benzene rings is 2. The molecule has 0 spiro atoms. The van der Waals surface area contributed by atoms with Gasteiger partial charge in [0.05, 0.1) is 11.4 Å². The maximum Gasteiger partial charge on any atom is 0.128 e. The fourth-order valence-corrected chi connectivity index (χ4v) is 3.46. The number of hydrogen-bond acceptors (Lipinski definition) is 2. The summed E-state index contributed by atoms with van der Waals surface area (Å²) in [5.74, 6) is 0. The molecule has 3 rings (SSSR count). The second-order valence-corrected chi connectivity index (χ2v) is 6.14. The summed E-state index contributed by atoms with van der Waals surface area (Å²) in [6, 6.07) is 19.6. The van der Waals surface area contributed by atoms with E-state index in [0.717, 1.165) is 6.54 Å². The number of fused-ring (bicyclic) bond motifs is 1. The van der Waals surface area contributed by atoms with Crippen molar-refractivity contribution >= 4 is 11.4 Å². The lowest BCUT2D eigenvalue weighted by Gasteiger charge is -2.31. The van der Waals surface area contributed by atoms with Gasteiger partial charge in [-0.15, -0.1) is 0 Å². The summed E-state index contributed by atoms with van der Waals surface area (Å²) in [6.45, 7) is 3.40. The molecule has 0 aromatic heterocycles. The van der Waals surface area contributed by atoms with Crippen LogP contribution in [0.2, 0.25) is 0 Å². The van der Waals surface area contributed by atoms with E-state index in [9.17, 15) is 0 Å². The molecule has 116 valence electrons. The van der Waals surface area contributed by atoms with Gasteiger partial charge in [0, 0.05) is 13.6 Å². The van der Waals surface area contributed by atoms with Gasteiger partial charge >= 0.3 is 0 Å². The van der Waals surface area contributed by atoms with Crippen LogP contribution in [0.15, 0.2) is 54.6 Å². The average Bonchev–Trinajstić information content (AvgIpc) is 2.85. The highest BCUT2D eigenvalue weighted by molar-refractivity contribution is 5.77. The summed E-state index contributed by atoms with van der Waals surface area (Å²) >= 11 is 0. The number of rotatable bonds is 6. The van der Waals surface area contributed by atoms with E-state index in [0.29, 0.717) is 6.17 Å². The molecule has 0 saturated heterocycles. The van der Waals surface area contributed by atoms with Crippen LogP contribution in [0.3, 0.4) is 0 Å². The summed E-state index contributed by atoms with van der Waals surface area (Å²) < 4.78 is 0. The van der Waals surface area contributed by atoms with Crippen molar-refractivity contribution in [3.05, 3.63) is 60.2 Å². The highest BCUT2D eigenvalue weighted by Gasteiger charge is 2.33. The fourth-order valence-electron chi connectivity index (χ4n) is 3.46. The van der Waals surface area contributed by atoms with E-state index in [-0.39, 0.29) is 0 Å². The first kappa shape index (κ1) is 15.0. The Bertz CT molecular complexity index is 594. The zero-order valence-electron chi connectivity index (χ0n) is 13.7. The van der Waals surface area contributed by atoms with Gasteiger partial charge in [-0.3, -0.25) is 0 Å². The van der Waals surface area contributed by atoms with Crippen molar-refractivity contribution in [3.63, 3.8) is 0 Å². The number of hydrogen-bond donors (Lipinski definition) is 0. The van der Waals surface area contributed by atoms with Crippen molar-refractivity contribution in [2.24, 2.45) is 0 Å². The van der Waals surface area contributed by atoms with Gasteiger partial charge < -0.3 is 9.80 Å². The summed E-state index contributed by atoms with van der Waals surface area (Å²) in [5, 5.41) is 0. The van der Waals surface area contributed by atoms with Crippen LogP contribution in [0.25, 0.3) is 0 Å². The van der Waals surface area contributed by atoms with E-state index in [1.165, 1.54) is 42.6 Å². The molecular weight excluding hydrogens is 268 g/mol. The lowest BCUT2D eigenvalue weighted by molar-refractivity contribution is 0.592. The maximum atomic E-state index is 2.57. The Labute approximate surface area is 134 Å². The minimum atomic E-state index is 0.320. The monoisotopic (exact) mass is 294 g/mol. The molecule has 2 aromatic rings. The number of unbranched alkanes of at least 4 members (excludes halogenated alkanes) is 3. The Balaban J connectivity index is 1.87. The van der Waals surface area contributed by atoms with Crippen molar-refractivity contribution in [1.82, 2.24) is 0 Å². The van der Waals surface area contributed by atoms with Gasteiger partial charge in [0.2, 0.25) is 0 Å². The molecule has 0 saturated carbocycles. The standard InChI is InChI=1S/C20H26N2/c1-3-4-5-11-16-22-19-15-10-9-14-18(19)21(2)20(22)17-12-7-6-8-13-17/h6-10,12-15,20H,3-5,11,16H2,1-2H3. The zero-order chi connectivity index (χ0) is 15.4. The molecule has 1 unspecified atom stereocenters. The van der Waals surface area contributed by atoms with Crippen LogP contribution in [-0.4, -0.2) is 13.6 Å². The molecule has 2 aromatic carbocycles. The topological polar surface area (TPSA) is 6.48 Å². The average molecular weight is 294 g/mol. The number of anilines is 2. The van der Waals surface area contributed by atoms with Crippen molar-refractivity contribution < 1.29 is 0 Å². The normalized spacial score (nSPS) is 16.9. The fraction of sp³-hybridized carbons (Fsp3) is 0.400. The van der Waals surface area contributed by atoms with E-state index >= 15 is 0 Å². The first-order valence-corrected chi connectivity index (χ1v) is 8.46. The second kappa shape index (κ2) is 6.87. The van der Waals surface area contributed by atoms with E-state index in [4.69, 9.17) is 0 Å². The van der Waals surface area contributed by atoms with E-state index in [1.54, 1.807) is 0 Å². The SMILES string of the molecule is CCCCCCN1c2ccccc2N(C)C1c1ccccc1. The molecule has 1 aliphatic rings. The van der Waals surface area contributed by atoms with Crippen LogP contribution in [0.5, 0.6) is 0 Å². The third-order valence-electron chi connectivity index (χ3n) is 4.58. The molecular formula is C20H26N2. The molecule has 0 amide bonds. The summed E-state index contributed by atoms with van der Waals surface area (Å²) in [5.41, 5.74) is 4.08. The first-order valence-electron chi connectivity index (χ1n) is 8.46. The molecule has 0 N–H and O–H groups in total. The first-order chi connectivity index (χ1) is 10.8. The largest absolute Gasteiger partial charge is 0.349 e. The molecule has 0 bridgehead atoms. The molecule has 1 atom stereocenters. The van der Waals surface area contributed by atoms with Crippen LogP contribution in [-0.2, 0) is 0 Å². The summed E-state index contributed by atoms with van der Waals surface area (Å²) in [6.07, 6.45) is 5.53. The Morgan fingerprint density at radius 3 is 2.23 bits per heavy atom. The lowest BCUT2D eigenvalue weighted by atomic mass is 10.1. The Morgan fingerprint density at radius 1 is 0.818 bits per heavy atom. The lowest BCUT2D eigenvalue weighted by Crippen LogP contribution is -2.34. The number of para-hydroxylation sites is 2. The van der Waals surface area contributed by atoms with Crippen LogP contribution in [0.4, 0.5) is 11.4 Å². The van der Waals surface area contributed by atoms with Crippen molar-refractivity contribution in [2.75, 3.05) is 23.4 Å². The smallest absolute Gasteiger partial charge is 0.128 e. The van der Waals surface area contributed by atoms with Gasteiger partial charge in [0.15, 0.2) is 0 Å². The van der Waals surface area contributed by atoms with Crippen LogP contribution in [0, 0.1) is 0 Å². The van der Waals surface area contributed by atoms with Crippen LogP contribution >= 0.6 is 0 Å². The van der Waals surface area contributed by atoms with Crippen molar-refractivity contribution in [3.8, 4) is 0 Å². The molecule has 0 fully saturated rings. The molecule has 1 aliphatic heterocycles. The highest BCUT2D eigenvalue weighted by atomic mass is 15.4. The Kier molecular flexibility index (Phi) is 4.67. The summed E-state index contributed by atoms with van der Waals surface area (Å²) in [4.78, 5) is 4.98. The third kappa shape index (κ3) is 2.83. The van der Waals surface area contributed by atoms with Crippen molar-refractivity contribution in [1.29, 1.82) is 0 Å². The maximum absolute atomic E-state index is 2.57. The van der Waals surface area contributed by atoms with E-state index in [1.807, 2.05) is 0 Å². The van der Waals surface area contributed by atoms with Gasteiger partial charge in [-0.2, -0.15) is 0 Å². The summed E-state index contributed by atoms with van der Waals surface area (Å²) in [7, 11) is 2.21. The van der Waals surface area contributed by atoms with Gasteiger partial charge in [0.1, 0.15) is 6.17 Å². The van der Waals surface area contributed by atoms with Gasteiger partial charge in [0.25, 0.3) is 0 Å². The van der Waals surface area contributed by atoms with E-state index in [2.05, 4.69) is 78.4 Å². The second-order valence-electron chi connectivity index (χ2n) is 6.14. The number of nitrogens with zero attached hydrogens (tertiary/aromatic N) is 2. The molecule has 2 nitrogen and oxygen atoms in total. The minimum Gasteiger partial charge on any atom is -0.349 e. The predicted octanol–water partition coefficient (Wildman–Crippen LogP) is 5.22. The van der Waals surface area contributed by atoms with E-state index < -0.39 is 0 Å². The molecule has 0 radical (unpaired) electrons. The molecule has 1 heterocycles. The van der Waals surface area contributed by atoms with Gasteiger partial charge in [-0.25, -0.2) is 0 Å². The minimum absolute atomic E-state index is 0.320. The molecule has 22 heavy (non-hydrogen) atoms. The predicted molar refractivity (Wildman–Crippen MR) is 95.5 cm³/mol. The van der Waals surface area contributed by atoms with Gasteiger partial charge in [-0.1, -0.05) is 68.7 Å². The molecule has 2 heteroatoms. The van der Waals surface area contributed by atoms with Crippen LogP contribution in [0.1, 0.15) is 44.3 Å². The third-order valence-corrected chi connectivity index (χ3v) is 4.58. The Hall–Kier alpha value is -1.96. The van der Waals surface area contributed by atoms with Gasteiger partial charge in [-0.05, 0) is 24.1 Å². The molecule has 0 aliphatic carbocycles. The highest BCUT2D eigenvalue weighted by Crippen LogP contribution is 2.45. The van der Waals surface area contributed by atoms with Crippen LogP contribution < -0.4 is 9.80 Å².